The highest BCUT2D eigenvalue weighted by Crippen LogP contribution is 2.41. The van der Waals surface area contributed by atoms with Crippen molar-refractivity contribution in [3.05, 3.63) is 53.4 Å². The third kappa shape index (κ3) is 5.15. The van der Waals surface area contributed by atoms with Crippen molar-refractivity contribution >= 4 is 39.1 Å². The molecule has 3 fully saturated rings. The number of aromatic nitrogens is 3. The van der Waals surface area contributed by atoms with Crippen molar-refractivity contribution in [3.8, 4) is 17.3 Å². The molecule has 3 saturated heterocycles. The van der Waals surface area contributed by atoms with E-state index in [2.05, 4.69) is 25.2 Å². The normalized spacial score (nSPS) is 24.0. The van der Waals surface area contributed by atoms with Crippen LogP contribution in [0.25, 0.3) is 32.9 Å². The van der Waals surface area contributed by atoms with Crippen LogP contribution < -0.4 is 15.0 Å². The van der Waals surface area contributed by atoms with Gasteiger partial charge in [0.15, 0.2) is 5.82 Å². The average molecular weight is 615 g/mol. The van der Waals surface area contributed by atoms with Gasteiger partial charge in [0.05, 0.1) is 17.5 Å². The van der Waals surface area contributed by atoms with Crippen LogP contribution in [0.2, 0.25) is 5.02 Å². The van der Waals surface area contributed by atoms with Gasteiger partial charge in [0.25, 0.3) is 6.43 Å². The molecule has 3 aliphatic rings. The smallest absolute Gasteiger partial charge is 0.319 e. The van der Waals surface area contributed by atoms with Gasteiger partial charge in [-0.15, -0.1) is 0 Å². The molecule has 226 valence electrons. The first-order valence-corrected chi connectivity index (χ1v) is 15.0. The van der Waals surface area contributed by atoms with Crippen LogP contribution >= 0.6 is 11.6 Å². The first-order chi connectivity index (χ1) is 20.8. The molecule has 0 unspecified atom stereocenters. The molecule has 0 radical (unpaired) electrons. The summed E-state index contributed by atoms with van der Waals surface area (Å²) in [6.45, 7) is 1.80. The molecule has 3 aliphatic heterocycles. The second-order valence-corrected chi connectivity index (χ2v) is 12.1. The predicted molar refractivity (Wildman–Crippen MR) is 158 cm³/mol. The van der Waals surface area contributed by atoms with E-state index in [9.17, 15) is 13.2 Å². The summed E-state index contributed by atoms with van der Waals surface area (Å²) in [5.41, 5.74) is -0.0661. The zero-order valence-electron chi connectivity index (χ0n) is 23.4. The molecule has 0 amide bonds. The first-order valence-electron chi connectivity index (χ1n) is 14.6. The van der Waals surface area contributed by atoms with Crippen molar-refractivity contribution in [3.63, 3.8) is 0 Å². The van der Waals surface area contributed by atoms with E-state index in [4.69, 9.17) is 16.3 Å². The monoisotopic (exact) mass is 614 g/mol. The molecule has 3 atom stereocenters. The fourth-order valence-corrected chi connectivity index (χ4v) is 7.38. The molecule has 7 nitrogen and oxygen atoms in total. The third-order valence-electron chi connectivity index (χ3n) is 9.07. The Morgan fingerprint density at radius 1 is 1.19 bits per heavy atom. The van der Waals surface area contributed by atoms with Crippen LogP contribution in [0.3, 0.4) is 0 Å². The summed E-state index contributed by atoms with van der Waals surface area (Å²) in [4.78, 5) is 17.1. The number of anilines is 1. The number of alkyl halides is 3. The van der Waals surface area contributed by atoms with Crippen molar-refractivity contribution in [2.24, 2.45) is 0 Å². The van der Waals surface area contributed by atoms with Crippen molar-refractivity contribution in [1.29, 1.82) is 0 Å². The zero-order chi connectivity index (χ0) is 29.7. The van der Waals surface area contributed by atoms with Gasteiger partial charge in [-0.3, -0.25) is 9.88 Å². The highest BCUT2D eigenvalue weighted by Gasteiger charge is 2.49. The molecule has 0 bridgehead atoms. The van der Waals surface area contributed by atoms with Crippen LogP contribution in [0, 0.1) is 5.82 Å². The van der Waals surface area contributed by atoms with Gasteiger partial charge in [-0.2, -0.15) is 9.97 Å². The average Bonchev–Trinajstić information content (AvgIpc) is 3.72. The number of hydrogen-bond donors (Lipinski definition) is 1. The lowest BCUT2D eigenvalue weighted by Gasteiger charge is -2.32. The fraction of sp³-hybridized carbons (Fsp3) is 0.452. The Morgan fingerprint density at radius 2 is 2.02 bits per heavy atom. The van der Waals surface area contributed by atoms with Crippen molar-refractivity contribution in [1.82, 2.24) is 25.2 Å². The lowest BCUT2D eigenvalue weighted by Crippen LogP contribution is -2.43. The number of fused-ring (bicyclic) bond motifs is 3. The number of hydrogen-bond acceptors (Lipinski definition) is 7. The molecule has 1 N–H and O–H groups in total. The molecule has 43 heavy (non-hydrogen) atoms. The van der Waals surface area contributed by atoms with E-state index in [1.807, 2.05) is 18.2 Å². The summed E-state index contributed by atoms with van der Waals surface area (Å²) in [6.07, 6.45) is 0.473. The van der Waals surface area contributed by atoms with Gasteiger partial charge in [-0.1, -0.05) is 41.9 Å². The number of nitrogens with one attached hydrogen (secondary N) is 1. The number of nitrogens with zero attached hydrogens (tertiary/aromatic N) is 5. The van der Waals surface area contributed by atoms with Gasteiger partial charge < -0.3 is 15.0 Å². The van der Waals surface area contributed by atoms with E-state index < -0.39 is 30.5 Å². The minimum Gasteiger partial charge on any atom is -0.461 e. The molecular weight excluding hydrogens is 584 g/mol. The number of rotatable bonds is 8. The predicted octanol–water partition coefficient (Wildman–Crippen LogP) is 6.03. The molecule has 0 aliphatic carbocycles. The highest BCUT2D eigenvalue weighted by atomic mass is 35.5. The quantitative estimate of drug-likeness (QED) is 0.243. The van der Waals surface area contributed by atoms with Crippen LogP contribution in [0.4, 0.5) is 23.4 Å². The van der Waals surface area contributed by atoms with Crippen LogP contribution in [0.15, 0.2) is 42.6 Å². The first kappa shape index (κ1) is 28.5. The van der Waals surface area contributed by atoms with E-state index in [0.29, 0.717) is 48.4 Å². The minimum atomic E-state index is -2.66. The SMILES string of the molecule is Fc1c(-c2cccc3cccc(Cl)c23)ncc2c(N(CC(F)F)[C@@H]3CCNC3)nc(OC[C@@]34CCCN3C[C@H](F)C4)nc12. The lowest BCUT2D eigenvalue weighted by molar-refractivity contribution is 0.107. The van der Waals surface area contributed by atoms with Gasteiger partial charge in [0.1, 0.15) is 29.8 Å². The third-order valence-corrected chi connectivity index (χ3v) is 9.38. The summed E-state index contributed by atoms with van der Waals surface area (Å²) in [5, 5.41) is 5.32. The lowest BCUT2D eigenvalue weighted by atomic mass is 9.95. The molecule has 5 heterocycles. The Bertz CT molecular complexity index is 1670. The Balaban J connectivity index is 1.37. The Morgan fingerprint density at radius 3 is 2.81 bits per heavy atom. The van der Waals surface area contributed by atoms with Gasteiger partial charge >= 0.3 is 6.01 Å². The number of ether oxygens (including phenoxy) is 1. The fourth-order valence-electron chi connectivity index (χ4n) is 7.10. The Labute approximate surface area is 251 Å². The van der Waals surface area contributed by atoms with Gasteiger partial charge in [-0.25, -0.2) is 17.6 Å². The maximum Gasteiger partial charge on any atom is 0.319 e. The Hall–Kier alpha value is -3.28. The van der Waals surface area contributed by atoms with Gasteiger partial charge in [-0.05, 0) is 43.8 Å². The van der Waals surface area contributed by atoms with Crippen LogP contribution in [-0.2, 0) is 0 Å². The van der Waals surface area contributed by atoms with E-state index in [-0.39, 0.29) is 41.1 Å². The summed E-state index contributed by atoms with van der Waals surface area (Å²) < 4.78 is 65.0. The maximum atomic E-state index is 16.6. The molecule has 0 spiro atoms. The maximum absolute atomic E-state index is 16.6. The second-order valence-electron chi connectivity index (χ2n) is 11.7. The van der Waals surface area contributed by atoms with E-state index >= 15 is 4.39 Å². The summed E-state index contributed by atoms with van der Waals surface area (Å²) in [6, 6.07) is 10.4. The summed E-state index contributed by atoms with van der Waals surface area (Å²) in [5.74, 6) is -0.594. The van der Waals surface area contributed by atoms with Crippen molar-refractivity contribution in [2.45, 2.75) is 49.9 Å². The van der Waals surface area contributed by atoms with Crippen LogP contribution in [0.5, 0.6) is 6.01 Å². The number of pyridine rings is 1. The standard InChI is InChI=1S/C31H31ClF4N6O/c32-23-7-2-5-18-4-1-6-21(25(18)23)27-26(36)28-22(14-38-27)29(42(16-24(34)35)20-8-10-37-13-20)40-30(39-28)43-17-31-9-3-11-41(31)15-19(33)12-31/h1-2,4-7,14,19-20,24,37H,3,8-13,15-17H2/t19-,20-,31+/m1/s1. The molecular formula is C31H31ClF4N6O. The molecule has 2 aromatic heterocycles. The van der Waals surface area contributed by atoms with E-state index in [0.717, 1.165) is 24.8 Å². The summed E-state index contributed by atoms with van der Waals surface area (Å²) >= 11 is 6.54. The van der Waals surface area contributed by atoms with Gasteiger partial charge in [0.2, 0.25) is 0 Å². The van der Waals surface area contributed by atoms with Gasteiger partial charge in [0, 0.05) is 47.7 Å². The topological polar surface area (TPSA) is 66.4 Å². The molecule has 4 aromatic rings. The number of halogens is 5. The van der Waals surface area contributed by atoms with Crippen LogP contribution in [0.1, 0.15) is 25.7 Å². The molecule has 7 rings (SSSR count). The summed E-state index contributed by atoms with van der Waals surface area (Å²) in [7, 11) is 0. The van der Waals surface area contributed by atoms with E-state index in [1.165, 1.54) is 11.1 Å². The molecule has 2 aromatic carbocycles. The molecule has 0 saturated carbocycles. The molecule has 12 heteroatoms. The van der Waals surface area contributed by atoms with Crippen LogP contribution in [-0.4, -0.2) is 83.4 Å². The zero-order valence-corrected chi connectivity index (χ0v) is 24.1. The second kappa shape index (κ2) is 11.3. The Kier molecular flexibility index (Phi) is 7.51. The van der Waals surface area contributed by atoms with Crippen molar-refractivity contribution < 1.29 is 22.3 Å². The minimum absolute atomic E-state index is 0.0290. The number of benzene rings is 2. The van der Waals surface area contributed by atoms with E-state index in [1.54, 1.807) is 18.2 Å². The largest absolute Gasteiger partial charge is 0.461 e. The van der Waals surface area contributed by atoms with Crippen molar-refractivity contribution in [2.75, 3.05) is 44.2 Å². The highest BCUT2D eigenvalue weighted by molar-refractivity contribution is 6.36.